The number of ether oxygens (including phenoxy) is 1. The third-order valence-electron chi connectivity index (χ3n) is 6.67. The van der Waals surface area contributed by atoms with Crippen molar-refractivity contribution in [1.29, 1.82) is 0 Å². The molecule has 1 saturated carbocycles. The normalized spacial score (nSPS) is 18.7. The van der Waals surface area contributed by atoms with Crippen LogP contribution in [0.25, 0.3) is 11.4 Å². The van der Waals surface area contributed by atoms with Gasteiger partial charge in [0, 0.05) is 25.1 Å². The van der Waals surface area contributed by atoms with Crippen molar-refractivity contribution in [2.75, 3.05) is 37.8 Å². The second kappa shape index (κ2) is 12.1. The molecule has 2 aromatic rings. The SMILES string of the molecule is CC[C@H](NC(=O)C(CC(=O)N1CCOCC1)CS(=O)(=O)CC1CC1)C(O)c1nc(-c2ccccc2)no1. The van der Waals surface area contributed by atoms with Crippen molar-refractivity contribution in [2.24, 2.45) is 11.8 Å². The highest BCUT2D eigenvalue weighted by Gasteiger charge is 2.36. The molecule has 1 aliphatic carbocycles. The van der Waals surface area contributed by atoms with Crippen LogP contribution in [0.3, 0.4) is 0 Å². The number of carbonyl (C=O) groups is 2. The van der Waals surface area contributed by atoms with E-state index < -0.39 is 39.6 Å². The standard InChI is InChI=1S/C25H34N4O7S/c1-2-20(22(31)25-27-23(28-36-25)18-6-4-3-5-7-18)26-24(32)19(16-37(33,34)15-17-8-9-17)14-21(30)29-10-12-35-13-11-29/h3-7,17,19-20,22,31H,2,8-16H2,1H3,(H,26,32)/t19?,20-,22?/m0/s1. The van der Waals surface area contributed by atoms with Gasteiger partial charge in [0.2, 0.25) is 17.6 Å². The van der Waals surface area contributed by atoms with Crippen LogP contribution in [-0.4, -0.2) is 84.2 Å². The number of rotatable bonds is 12. The zero-order valence-electron chi connectivity index (χ0n) is 20.9. The topological polar surface area (TPSA) is 152 Å². The van der Waals surface area contributed by atoms with Crippen molar-refractivity contribution < 1.29 is 32.4 Å². The lowest BCUT2D eigenvalue weighted by Gasteiger charge is -2.29. The largest absolute Gasteiger partial charge is 0.381 e. The molecule has 3 atom stereocenters. The maximum Gasteiger partial charge on any atom is 0.257 e. The first-order valence-electron chi connectivity index (χ1n) is 12.7. The Balaban J connectivity index is 1.45. The Labute approximate surface area is 216 Å². The zero-order chi connectivity index (χ0) is 26.4. The van der Waals surface area contributed by atoms with Crippen LogP contribution in [0.5, 0.6) is 0 Å². The zero-order valence-corrected chi connectivity index (χ0v) is 21.7. The van der Waals surface area contributed by atoms with Crippen LogP contribution in [0.4, 0.5) is 0 Å². The van der Waals surface area contributed by atoms with Gasteiger partial charge in [0.15, 0.2) is 15.9 Å². The predicted molar refractivity (Wildman–Crippen MR) is 134 cm³/mol. The Morgan fingerprint density at radius 3 is 2.54 bits per heavy atom. The number of amides is 2. The summed E-state index contributed by atoms with van der Waals surface area (Å²) in [7, 11) is -3.54. The van der Waals surface area contributed by atoms with E-state index in [4.69, 9.17) is 9.26 Å². The summed E-state index contributed by atoms with van der Waals surface area (Å²) in [6.45, 7) is 3.38. The summed E-state index contributed by atoms with van der Waals surface area (Å²) in [5.74, 6) is -2.00. The van der Waals surface area contributed by atoms with Crippen molar-refractivity contribution >= 4 is 21.7 Å². The van der Waals surface area contributed by atoms with Gasteiger partial charge in [-0.2, -0.15) is 4.98 Å². The number of nitrogens with one attached hydrogen (secondary N) is 1. The van der Waals surface area contributed by atoms with Crippen molar-refractivity contribution in [3.8, 4) is 11.4 Å². The number of sulfone groups is 1. The van der Waals surface area contributed by atoms with Crippen LogP contribution in [0.2, 0.25) is 0 Å². The van der Waals surface area contributed by atoms with E-state index >= 15 is 0 Å². The first-order chi connectivity index (χ1) is 17.8. The molecule has 11 nitrogen and oxygen atoms in total. The molecule has 1 aromatic heterocycles. The van der Waals surface area contributed by atoms with Gasteiger partial charge in [-0.3, -0.25) is 9.59 Å². The minimum Gasteiger partial charge on any atom is -0.381 e. The van der Waals surface area contributed by atoms with Crippen LogP contribution in [0.15, 0.2) is 34.9 Å². The molecule has 12 heteroatoms. The van der Waals surface area contributed by atoms with Crippen LogP contribution in [-0.2, 0) is 24.2 Å². The average Bonchev–Trinajstić information content (AvgIpc) is 3.56. The van der Waals surface area contributed by atoms with E-state index in [1.54, 1.807) is 24.0 Å². The quantitative estimate of drug-likeness (QED) is 0.411. The number of hydrogen-bond donors (Lipinski definition) is 2. The molecular weight excluding hydrogens is 500 g/mol. The van der Waals surface area contributed by atoms with Crippen LogP contribution < -0.4 is 5.32 Å². The minimum atomic E-state index is -3.54. The number of carbonyl (C=O) groups excluding carboxylic acids is 2. The fraction of sp³-hybridized carbons (Fsp3) is 0.600. The van der Waals surface area contributed by atoms with Gasteiger partial charge in [-0.1, -0.05) is 42.4 Å². The van der Waals surface area contributed by atoms with Gasteiger partial charge >= 0.3 is 0 Å². The van der Waals surface area contributed by atoms with Gasteiger partial charge in [-0.25, -0.2) is 8.42 Å². The summed E-state index contributed by atoms with van der Waals surface area (Å²) in [5.41, 5.74) is 0.712. The van der Waals surface area contributed by atoms with Gasteiger partial charge in [0.25, 0.3) is 5.89 Å². The van der Waals surface area contributed by atoms with Gasteiger partial charge in [-0.05, 0) is 25.2 Å². The van der Waals surface area contributed by atoms with Gasteiger partial charge < -0.3 is 24.6 Å². The summed E-state index contributed by atoms with van der Waals surface area (Å²) in [4.78, 5) is 32.1. The van der Waals surface area contributed by atoms with Gasteiger partial charge in [0.1, 0.15) is 0 Å². The maximum absolute atomic E-state index is 13.3. The van der Waals surface area contributed by atoms with Gasteiger partial charge in [0.05, 0.1) is 36.7 Å². The fourth-order valence-corrected chi connectivity index (χ4v) is 6.40. The molecule has 2 heterocycles. The van der Waals surface area contributed by atoms with Crippen LogP contribution in [0.1, 0.15) is 44.6 Å². The molecule has 2 aliphatic rings. The molecule has 0 spiro atoms. The molecule has 2 N–H and O–H groups in total. The third-order valence-corrected chi connectivity index (χ3v) is 8.56. The summed E-state index contributed by atoms with van der Waals surface area (Å²) in [6, 6.07) is 8.30. The molecule has 0 bridgehead atoms. The number of benzene rings is 1. The highest BCUT2D eigenvalue weighted by molar-refractivity contribution is 7.91. The summed E-state index contributed by atoms with van der Waals surface area (Å²) >= 11 is 0. The number of aliphatic hydroxyl groups excluding tert-OH is 1. The minimum absolute atomic E-state index is 0.0204. The van der Waals surface area contributed by atoms with Crippen LogP contribution in [0, 0.1) is 11.8 Å². The van der Waals surface area contributed by atoms with Gasteiger partial charge in [-0.15, -0.1) is 0 Å². The lowest BCUT2D eigenvalue weighted by molar-refractivity contribution is -0.139. The number of aliphatic hydroxyl groups is 1. The van der Waals surface area contributed by atoms with Crippen molar-refractivity contribution in [3.05, 3.63) is 36.2 Å². The van der Waals surface area contributed by atoms with E-state index in [9.17, 15) is 23.1 Å². The molecule has 1 saturated heterocycles. The number of morpholine rings is 1. The smallest absolute Gasteiger partial charge is 0.257 e. The Morgan fingerprint density at radius 2 is 1.89 bits per heavy atom. The lowest BCUT2D eigenvalue weighted by Crippen LogP contribution is -2.47. The molecular formula is C25H34N4O7S. The molecule has 0 radical (unpaired) electrons. The summed E-state index contributed by atoms with van der Waals surface area (Å²) in [5, 5.41) is 17.5. The Kier molecular flexibility index (Phi) is 8.93. The van der Waals surface area contributed by atoms with E-state index in [1.807, 2.05) is 18.2 Å². The average molecular weight is 535 g/mol. The molecule has 2 amide bonds. The highest BCUT2D eigenvalue weighted by atomic mass is 32.2. The number of nitrogens with zero attached hydrogens (tertiary/aromatic N) is 3. The Bertz CT molecular complexity index is 1160. The van der Waals surface area contributed by atoms with E-state index in [0.717, 1.165) is 12.8 Å². The maximum atomic E-state index is 13.3. The fourth-order valence-electron chi connectivity index (χ4n) is 4.33. The molecule has 1 aliphatic heterocycles. The molecule has 4 rings (SSSR count). The molecule has 1 aromatic carbocycles. The van der Waals surface area contributed by atoms with Crippen LogP contribution >= 0.6 is 0 Å². The molecule has 2 unspecified atom stereocenters. The monoisotopic (exact) mass is 534 g/mol. The number of hydrogen-bond acceptors (Lipinski definition) is 9. The Morgan fingerprint density at radius 1 is 1.19 bits per heavy atom. The van der Waals surface area contributed by atoms with E-state index in [1.165, 1.54) is 0 Å². The second-order valence-electron chi connectivity index (χ2n) is 9.70. The Hall–Kier alpha value is -2.83. The highest BCUT2D eigenvalue weighted by Crippen LogP contribution is 2.31. The van der Waals surface area contributed by atoms with Crippen molar-refractivity contribution in [3.63, 3.8) is 0 Å². The van der Waals surface area contributed by atoms with E-state index in [-0.39, 0.29) is 29.9 Å². The predicted octanol–water partition coefficient (Wildman–Crippen LogP) is 1.35. The molecule has 202 valence electrons. The molecule has 37 heavy (non-hydrogen) atoms. The lowest BCUT2D eigenvalue weighted by atomic mass is 10.0. The van der Waals surface area contributed by atoms with Crippen molar-refractivity contribution in [1.82, 2.24) is 20.4 Å². The second-order valence-corrected chi connectivity index (χ2v) is 11.9. The summed E-state index contributed by atoms with van der Waals surface area (Å²) in [6.07, 6.45) is 0.498. The first-order valence-corrected chi connectivity index (χ1v) is 14.5. The van der Waals surface area contributed by atoms with E-state index in [0.29, 0.717) is 44.1 Å². The van der Waals surface area contributed by atoms with Crippen molar-refractivity contribution in [2.45, 2.75) is 44.8 Å². The third kappa shape index (κ3) is 7.59. The number of aromatic nitrogens is 2. The van der Waals surface area contributed by atoms with E-state index in [2.05, 4.69) is 15.5 Å². The molecule has 2 fully saturated rings. The summed E-state index contributed by atoms with van der Waals surface area (Å²) < 4.78 is 36.1. The first kappa shape index (κ1) is 27.2.